The van der Waals surface area contributed by atoms with Gasteiger partial charge in [-0.25, -0.2) is 0 Å². The third-order valence-corrected chi connectivity index (χ3v) is 5.58. The minimum atomic E-state index is -0.243. The van der Waals surface area contributed by atoms with E-state index in [-0.39, 0.29) is 29.8 Å². The van der Waals surface area contributed by atoms with Crippen molar-refractivity contribution < 1.29 is 18.7 Å². The van der Waals surface area contributed by atoms with Crippen LogP contribution < -0.4 is 15.4 Å². The Morgan fingerprint density at radius 2 is 1.93 bits per heavy atom. The number of amides is 2. The Balaban J connectivity index is 1.37. The predicted molar refractivity (Wildman–Crippen MR) is 102 cm³/mol. The van der Waals surface area contributed by atoms with Crippen LogP contribution >= 0.6 is 0 Å². The molecule has 8 heteroatoms. The summed E-state index contributed by atoms with van der Waals surface area (Å²) < 4.78 is 10.7. The van der Waals surface area contributed by atoms with E-state index in [9.17, 15) is 9.59 Å². The Morgan fingerprint density at radius 3 is 2.57 bits per heavy atom. The number of aromatic nitrogens is 1. The zero-order valence-corrected chi connectivity index (χ0v) is 16.0. The van der Waals surface area contributed by atoms with Crippen LogP contribution in [0, 0.1) is 5.92 Å². The SMILES string of the molecule is CC(=O)Nc1coc(Oc2ccc(C(=O)N[C@@H]3C4CCN(CC4)[C@H]3C)cc2)n1. The molecule has 0 saturated carbocycles. The second-order valence-electron chi connectivity index (χ2n) is 7.42. The average molecular weight is 384 g/mol. The summed E-state index contributed by atoms with van der Waals surface area (Å²) in [5.41, 5.74) is 0.585. The van der Waals surface area contributed by atoms with E-state index in [1.165, 1.54) is 13.2 Å². The maximum Gasteiger partial charge on any atom is 0.401 e. The van der Waals surface area contributed by atoms with Crippen molar-refractivity contribution in [3.8, 4) is 11.8 Å². The second-order valence-corrected chi connectivity index (χ2v) is 7.42. The lowest BCUT2D eigenvalue weighted by Crippen LogP contribution is -2.62. The van der Waals surface area contributed by atoms with Crippen LogP contribution in [-0.4, -0.2) is 46.9 Å². The highest BCUT2D eigenvalue weighted by atomic mass is 16.6. The monoisotopic (exact) mass is 384 g/mol. The number of piperidine rings is 3. The van der Waals surface area contributed by atoms with Gasteiger partial charge in [-0.3, -0.25) is 14.5 Å². The van der Waals surface area contributed by atoms with Crippen molar-refractivity contribution in [3.63, 3.8) is 0 Å². The fraction of sp³-hybridized carbons (Fsp3) is 0.450. The van der Waals surface area contributed by atoms with E-state index in [1.807, 2.05) is 0 Å². The number of rotatable bonds is 5. The van der Waals surface area contributed by atoms with Gasteiger partial charge in [0.15, 0.2) is 5.82 Å². The Hall–Kier alpha value is -2.87. The summed E-state index contributed by atoms with van der Waals surface area (Å²) in [6.07, 6.45) is 3.62. The van der Waals surface area contributed by atoms with Crippen molar-refractivity contribution >= 4 is 17.6 Å². The van der Waals surface area contributed by atoms with Gasteiger partial charge in [-0.15, -0.1) is 0 Å². The molecule has 3 saturated heterocycles. The van der Waals surface area contributed by atoms with Crippen LogP contribution in [0.25, 0.3) is 0 Å². The maximum atomic E-state index is 12.7. The third-order valence-electron chi connectivity index (χ3n) is 5.58. The quantitative estimate of drug-likeness (QED) is 0.823. The molecular formula is C20H24N4O4. The van der Waals surface area contributed by atoms with Crippen LogP contribution in [0.3, 0.4) is 0 Å². The number of anilines is 1. The lowest BCUT2D eigenvalue weighted by Gasteiger charge is -2.49. The van der Waals surface area contributed by atoms with Gasteiger partial charge in [-0.05, 0) is 63.0 Å². The molecular weight excluding hydrogens is 360 g/mol. The van der Waals surface area contributed by atoms with E-state index in [0.717, 1.165) is 25.9 Å². The van der Waals surface area contributed by atoms with Crippen LogP contribution in [0.2, 0.25) is 0 Å². The largest absolute Gasteiger partial charge is 0.415 e. The Labute approximate surface area is 163 Å². The molecule has 3 fully saturated rings. The van der Waals surface area contributed by atoms with Crippen molar-refractivity contribution in [2.45, 2.75) is 38.8 Å². The molecule has 2 atom stereocenters. The van der Waals surface area contributed by atoms with Crippen molar-refractivity contribution in [3.05, 3.63) is 36.1 Å². The van der Waals surface area contributed by atoms with Gasteiger partial charge in [0.1, 0.15) is 12.0 Å². The van der Waals surface area contributed by atoms with Gasteiger partial charge in [0, 0.05) is 24.6 Å². The summed E-state index contributed by atoms with van der Waals surface area (Å²) in [7, 11) is 0. The predicted octanol–water partition coefficient (Wildman–Crippen LogP) is 2.64. The van der Waals surface area contributed by atoms with Crippen LogP contribution in [0.4, 0.5) is 5.82 Å². The van der Waals surface area contributed by atoms with Gasteiger partial charge in [0.05, 0.1) is 0 Å². The zero-order chi connectivity index (χ0) is 19.7. The standard InChI is InChI=1S/C20H24N4O4/c1-12-18(14-7-9-24(12)10-8-14)23-19(26)15-3-5-16(6-4-15)28-20-22-17(11-27-20)21-13(2)25/h3-6,11-12,14,18H,7-10H2,1-2H3,(H,21,25)(H,23,26)/t12-,18-/m0/s1. The van der Waals surface area contributed by atoms with Crippen LogP contribution in [0.15, 0.2) is 34.9 Å². The summed E-state index contributed by atoms with van der Waals surface area (Å²) in [5.74, 6) is 1.03. The third kappa shape index (κ3) is 3.87. The maximum absolute atomic E-state index is 12.7. The smallest absolute Gasteiger partial charge is 0.401 e. The first-order valence-electron chi connectivity index (χ1n) is 9.55. The summed E-state index contributed by atoms with van der Waals surface area (Å²) in [5, 5.41) is 5.72. The highest BCUT2D eigenvalue weighted by molar-refractivity contribution is 5.94. The van der Waals surface area contributed by atoms with Crippen molar-refractivity contribution in [2.75, 3.05) is 18.4 Å². The summed E-state index contributed by atoms with van der Waals surface area (Å²) >= 11 is 0. The molecule has 148 valence electrons. The fourth-order valence-electron chi connectivity index (χ4n) is 4.10. The van der Waals surface area contributed by atoms with Crippen LogP contribution in [-0.2, 0) is 4.79 Å². The minimum absolute atomic E-state index is 0.0158. The molecule has 5 rings (SSSR count). The number of carbonyl (C=O) groups is 2. The molecule has 2 amide bonds. The van der Waals surface area contributed by atoms with Crippen LogP contribution in [0.1, 0.15) is 37.0 Å². The highest BCUT2D eigenvalue weighted by Crippen LogP contribution is 2.32. The molecule has 3 aliphatic rings. The molecule has 1 aromatic heterocycles. The van der Waals surface area contributed by atoms with Crippen molar-refractivity contribution in [1.29, 1.82) is 0 Å². The molecule has 4 heterocycles. The number of carbonyl (C=O) groups excluding carboxylic acids is 2. The molecule has 2 aromatic rings. The first-order chi connectivity index (χ1) is 13.5. The lowest BCUT2D eigenvalue weighted by atomic mass is 9.79. The fourth-order valence-corrected chi connectivity index (χ4v) is 4.10. The summed E-state index contributed by atoms with van der Waals surface area (Å²) in [6.45, 7) is 5.84. The number of nitrogens with zero attached hydrogens (tertiary/aromatic N) is 2. The van der Waals surface area contributed by atoms with E-state index in [1.54, 1.807) is 24.3 Å². The number of oxazole rings is 1. The number of benzene rings is 1. The second kappa shape index (κ2) is 7.63. The van der Waals surface area contributed by atoms with Gasteiger partial charge >= 0.3 is 6.08 Å². The Kier molecular flexibility index (Phi) is 5.04. The van der Waals surface area contributed by atoms with E-state index in [0.29, 0.717) is 23.3 Å². The molecule has 3 aliphatic heterocycles. The van der Waals surface area contributed by atoms with E-state index >= 15 is 0 Å². The molecule has 0 radical (unpaired) electrons. The molecule has 0 unspecified atom stereocenters. The first kappa shape index (κ1) is 18.5. The minimum Gasteiger partial charge on any atom is -0.415 e. The molecule has 0 aliphatic carbocycles. The van der Waals surface area contributed by atoms with Gasteiger partial charge in [-0.2, -0.15) is 4.98 Å². The molecule has 28 heavy (non-hydrogen) atoms. The van der Waals surface area contributed by atoms with E-state index in [4.69, 9.17) is 9.15 Å². The van der Waals surface area contributed by atoms with Crippen LogP contribution in [0.5, 0.6) is 11.8 Å². The number of fused-ring (bicyclic) bond motifs is 3. The summed E-state index contributed by atoms with van der Waals surface area (Å²) in [6, 6.07) is 7.39. The van der Waals surface area contributed by atoms with E-state index < -0.39 is 0 Å². The topological polar surface area (TPSA) is 96.7 Å². The molecule has 1 aromatic carbocycles. The average Bonchev–Trinajstić information content (AvgIpc) is 3.11. The van der Waals surface area contributed by atoms with Crippen molar-refractivity contribution in [1.82, 2.24) is 15.2 Å². The highest BCUT2D eigenvalue weighted by Gasteiger charge is 2.40. The zero-order valence-electron chi connectivity index (χ0n) is 16.0. The summed E-state index contributed by atoms with van der Waals surface area (Å²) in [4.78, 5) is 30.1. The molecule has 8 nitrogen and oxygen atoms in total. The molecule has 2 bridgehead atoms. The molecule has 2 N–H and O–H groups in total. The number of hydrogen-bond donors (Lipinski definition) is 2. The van der Waals surface area contributed by atoms with Gasteiger partial charge in [0.25, 0.3) is 5.91 Å². The lowest BCUT2D eigenvalue weighted by molar-refractivity contribution is -0.114. The number of hydrogen-bond acceptors (Lipinski definition) is 6. The number of nitrogens with one attached hydrogen (secondary N) is 2. The van der Waals surface area contributed by atoms with Crippen molar-refractivity contribution in [2.24, 2.45) is 5.92 Å². The number of ether oxygens (including phenoxy) is 1. The van der Waals surface area contributed by atoms with Gasteiger partial charge < -0.3 is 19.8 Å². The van der Waals surface area contributed by atoms with E-state index in [2.05, 4.69) is 27.4 Å². The first-order valence-corrected chi connectivity index (χ1v) is 9.55. The molecule has 0 spiro atoms. The Bertz CT molecular complexity index is 853. The Morgan fingerprint density at radius 1 is 1.21 bits per heavy atom. The van der Waals surface area contributed by atoms with Gasteiger partial charge in [0.2, 0.25) is 5.91 Å². The van der Waals surface area contributed by atoms with Gasteiger partial charge in [-0.1, -0.05) is 0 Å². The normalized spacial score (nSPS) is 25.9.